The molecule has 1 fully saturated rings. The summed E-state index contributed by atoms with van der Waals surface area (Å²) in [6.45, 7) is -0.560. The molecule has 36 heavy (non-hydrogen) atoms. The third-order valence-corrected chi connectivity index (χ3v) is 6.47. The van der Waals surface area contributed by atoms with Crippen molar-refractivity contribution < 1.29 is 28.2 Å². The topological polar surface area (TPSA) is 121 Å². The Kier molecular flexibility index (Phi) is 7.85. The molecule has 1 unspecified atom stereocenters. The van der Waals surface area contributed by atoms with E-state index in [1.54, 1.807) is 6.20 Å². The number of alkyl halides is 2. The lowest BCUT2D eigenvalue weighted by Crippen LogP contribution is -2.31. The van der Waals surface area contributed by atoms with Crippen LogP contribution in [0, 0.1) is 5.82 Å². The second-order valence-electron chi connectivity index (χ2n) is 8.91. The first-order valence-corrected chi connectivity index (χ1v) is 11.7. The van der Waals surface area contributed by atoms with E-state index >= 15 is 4.39 Å². The van der Waals surface area contributed by atoms with E-state index in [0.717, 1.165) is 18.9 Å². The first-order valence-electron chi connectivity index (χ1n) is 11.7. The van der Waals surface area contributed by atoms with Gasteiger partial charge in [-0.2, -0.15) is 0 Å². The van der Waals surface area contributed by atoms with E-state index in [0.29, 0.717) is 29.8 Å². The summed E-state index contributed by atoms with van der Waals surface area (Å²) in [6.07, 6.45) is 1.45. The van der Waals surface area contributed by atoms with Gasteiger partial charge in [-0.05, 0) is 49.4 Å². The van der Waals surface area contributed by atoms with Crippen molar-refractivity contribution in [1.82, 2.24) is 15.3 Å². The fourth-order valence-corrected chi connectivity index (χ4v) is 4.42. The van der Waals surface area contributed by atoms with E-state index < -0.39 is 30.8 Å². The van der Waals surface area contributed by atoms with E-state index in [1.807, 2.05) is 0 Å². The van der Waals surface area contributed by atoms with Gasteiger partial charge in [0, 0.05) is 17.0 Å². The highest BCUT2D eigenvalue weighted by atomic mass is 19.3. The van der Waals surface area contributed by atoms with Crippen LogP contribution in [-0.4, -0.2) is 38.8 Å². The second-order valence-corrected chi connectivity index (χ2v) is 8.91. The Morgan fingerprint density at radius 2 is 1.83 bits per heavy atom. The van der Waals surface area contributed by atoms with Gasteiger partial charge in [-0.1, -0.05) is 24.3 Å². The highest BCUT2D eigenvalue weighted by Crippen LogP contribution is 2.34. The fourth-order valence-electron chi connectivity index (χ4n) is 4.42. The molecule has 2 aromatic carbocycles. The number of aliphatic hydroxyl groups is 2. The number of rotatable bonds is 7. The summed E-state index contributed by atoms with van der Waals surface area (Å²) < 4.78 is 41.0. The standard InChI is InChI=1S/C26H27F3N4O3/c27-20-11-16(23-25(30)31-12-21(32-23)14-4-7-18(35)8-5-14)6-9-19(20)26(36)33-22(13-34)15-2-1-3-17(10-15)24(28)29/h1-3,6,9-12,14,18,22,24,34-35H,4-5,7-8,13H2,(H2,30,31)(H,33,36). The minimum Gasteiger partial charge on any atom is -0.394 e. The van der Waals surface area contributed by atoms with Gasteiger partial charge < -0.3 is 21.3 Å². The number of nitrogens with one attached hydrogen (secondary N) is 1. The zero-order chi connectivity index (χ0) is 25.8. The quantitative estimate of drug-likeness (QED) is 0.384. The number of halogens is 3. The molecular weight excluding hydrogens is 473 g/mol. The molecule has 0 spiro atoms. The number of nitrogens with zero attached hydrogens (tertiary/aromatic N) is 2. The number of carbonyl (C=O) groups is 1. The SMILES string of the molecule is Nc1ncc(C2CCC(O)CC2)nc1-c1ccc(C(=O)NC(CO)c2cccc(C(F)F)c2)c(F)c1. The molecule has 1 atom stereocenters. The van der Waals surface area contributed by atoms with Gasteiger partial charge in [0.2, 0.25) is 0 Å². The van der Waals surface area contributed by atoms with Crippen LogP contribution in [0.2, 0.25) is 0 Å². The fraction of sp³-hybridized carbons (Fsp3) is 0.346. The smallest absolute Gasteiger partial charge is 0.263 e. The molecule has 1 aromatic heterocycles. The molecule has 7 nitrogen and oxygen atoms in total. The number of carbonyl (C=O) groups excluding carboxylic acids is 1. The molecule has 10 heteroatoms. The molecule has 0 bridgehead atoms. The lowest BCUT2D eigenvalue weighted by atomic mass is 9.85. The highest BCUT2D eigenvalue weighted by molar-refractivity contribution is 5.95. The van der Waals surface area contributed by atoms with Gasteiger partial charge in [0.25, 0.3) is 12.3 Å². The average molecular weight is 501 g/mol. The van der Waals surface area contributed by atoms with Crippen molar-refractivity contribution in [3.8, 4) is 11.3 Å². The Morgan fingerprint density at radius 1 is 1.11 bits per heavy atom. The van der Waals surface area contributed by atoms with Crippen molar-refractivity contribution >= 4 is 11.7 Å². The van der Waals surface area contributed by atoms with Crippen molar-refractivity contribution in [3.05, 3.63) is 76.9 Å². The van der Waals surface area contributed by atoms with Crippen LogP contribution in [0.5, 0.6) is 0 Å². The number of amides is 1. The molecule has 1 aliphatic carbocycles. The third-order valence-electron chi connectivity index (χ3n) is 6.47. The number of anilines is 1. The van der Waals surface area contributed by atoms with Crippen LogP contribution in [-0.2, 0) is 0 Å². The van der Waals surface area contributed by atoms with Crippen LogP contribution in [0.15, 0.2) is 48.7 Å². The van der Waals surface area contributed by atoms with Gasteiger partial charge in [0.05, 0.1) is 36.2 Å². The van der Waals surface area contributed by atoms with Crippen molar-refractivity contribution in [1.29, 1.82) is 0 Å². The van der Waals surface area contributed by atoms with Crippen LogP contribution < -0.4 is 11.1 Å². The number of benzene rings is 2. The molecule has 0 radical (unpaired) electrons. The Bertz CT molecular complexity index is 1230. The van der Waals surface area contributed by atoms with Crippen LogP contribution in [0.4, 0.5) is 19.0 Å². The largest absolute Gasteiger partial charge is 0.394 e. The maximum Gasteiger partial charge on any atom is 0.263 e. The van der Waals surface area contributed by atoms with Crippen molar-refractivity contribution in [2.24, 2.45) is 0 Å². The number of aliphatic hydroxyl groups excluding tert-OH is 2. The number of hydrogen-bond donors (Lipinski definition) is 4. The van der Waals surface area contributed by atoms with Crippen LogP contribution >= 0.6 is 0 Å². The summed E-state index contributed by atoms with van der Waals surface area (Å²) in [5, 5.41) is 21.9. The van der Waals surface area contributed by atoms with E-state index in [2.05, 4.69) is 15.3 Å². The predicted molar refractivity (Wildman–Crippen MR) is 128 cm³/mol. The van der Waals surface area contributed by atoms with E-state index in [1.165, 1.54) is 36.4 Å². The van der Waals surface area contributed by atoms with E-state index in [4.69, 9.17) is 5.73 Å². The average Bonchev–Trinajstić information content (AvgIpc) is 2.88. The summed E-state index contributed by atoms with van der Waals surface area (Å²) >= 11 is 0. The molecule has 1 amide bonds. The molecular formula is C26H27F3N4O3. The Hall–Kier alpha value is -3.50. The zero-order valence-corrected chi connectivity index (χ0v) is 19.4. The predicted octanol–water partition coefficient (Wildman–Crippen LogP) is 4.28. The number of nitrogen functional groups attached to an aromatic ring is 1. The number of hydrogen-bond acceptors (Lipinski definition) is 6. The first kappa shape index (κ1) is 25.6. The van der Waals surface area contributed by atoms with E-state index in [-0.39, 0.29) is 34.5 Å². The number of nitrogens with two attached hydrogens (primary N) is 1. The van der Waals surface area contributed by atoms with Crippen molar-refractivity contribution in [2.75, 3.05) is 12.3 Å². The second kappa shape index (κ2) is 11.0. The number of aromatic nitrogens is 2. The molecule has 0 aliphatic heterocycles. The van der Waals surface area contributed by atoms with Crippen LogP contribution in [0.3, 0.4) is 0 Å². The van der Waals surface area contributed by atoms with Gasteiger partial charge in [-0.15, -0.1) is 0 Å². The molecule has 1 aliphatic rings. The summed E-state index contributed by atoms with van der Waals surface area (Å²) in [4.78, 5) is 21.6. The third kappa shape index (κ3) is 5.66. The lowest BCUT2D eigenvalue weighted by molar-refractivity contribution is 0.0912. The zero-order valence-electron chi connectivity index (χ0n) is 19.4. The van der Waals surface area contributed by atoms with Crippen LogP contribution in [0.1, 0.15) is 71.2 Å². The lowest BCUT2D eigenvalue weighted by Gasteiger charge is -2.25. The van der Waals surface area contributed by atoms with Gasteiger partial charge in [0.1, 0.15) is 17.3 Å². The maximum atomic E-state index is 15.0. The minimum atomic E-state index is -2.70. The Morgan fingerprint density at radius 3 is 2.50 bits per heavy atom. The van der Waals surface area contributed by atoms with Gasteiger partial charge >= 0.3 is 0 Å². The maximum absolute atomic E-state index is 15.0. The van der Waals surface area contributed by atoms with E-state index in [9.17, 15) is 23.8 Å². The molecule has 190 valence electrons. The summed E-state index contributed by atoms with van der Waals surface area (Å²) in [7, 11) is 0. The molecule has 4 rings (SSSR count). The first-order chi connectivity index (χ1) is 17.3. The summed E-state index contributed by atoms with van der Waals surface area (Å²) in [5.74, 6) is -1.41. The normalized spacial score (nSPS) is 18.7. The summed E-state index contributed by atoms with van der Waals surface area (Å²) in [5.41, 5.74) is 7.09. The summed E-state index contributed by atoms with van der Waals surface area (Å²) in [6, 6.07) is 8.23. The van der Waals surface area contributed by atoms with Crippen molar-refractivity contribution in [3.63, 3.8) is 0 Å². The van der Waals surface area contributed by atoms with Crippen LogP contribution in [0.25, 0.3) is 11.3 Å². The Labute approximate surface area is 206 Å². The van der Waals surface area contributed by atoms with Gasteiger partial charge in [-0.3, -0.25) is 4.79 Å². The van der Waals surface area contributed by atoms with Crippen molar-refractivity contribution in [2.45, 2.75) is 50.2 Å². The Balaban J connectivity index is 1.54. The highest BCUT2D eigenvalue weighted by Gasteiger charge is 2.24. The molecule has 0 saturated heterocycles. The monoisotopic (exact) mass is 500 g/mol. The van der Waals surface area contributed by atoms with Gasteiger partial charge in [-0.25, -0.2) is 23.1 Å². The molecule has 5 N–H and O–H groups in total. The molecule has 1 saturated carbocycles. The molecule has 3 aromatic rings. The minimum absolute atomic E-state index is 0.116. The van der Waals surface area contributed by atoms with Gasteiger partial charge in [0.15, 0.2) is 0 Å². The molecule has 1 heterocycles.